The van der Waals surface area contributed by atoms with Crippen molar-refractivity contribution in [2.24, 2.45) is 4.99 Å². The fourth-order valence-electron chi connectivity index (χ4n) is 2.31. The number of halogens is 1. The molecule has 0 fully saturated rings. The summed E-state index contributed by atoms with van der Waals surface area (Å²) in [5.41, 5.74) is 4.02. The number of para-hydroxylation sites is 1. The number of benzene rings is 3. The van der Waals surface area contributed by atoms with E-state index in [9.17, 15) is 0 Å². The zero-order valence-corrected chi connectivity index (χ0v) is 14.2. The number of aryl methyl sites for hydroxylation is 1. The number of aliphatic imine (C=N–C) groups is 1. The van der Waals surface area contributed by atoms with E-state index in [1.807, 2.05) is 85.9 Å². The molecule has 0 amide bonds. The average Bonchev–Trinajstić information content (AvgIpc) is 2.62. The SMILES string of the molecule is Cc1ccc(Cl)cc1N=Cc1ccccc1OCc1ccccc1. The predicted octanol–water partition coefficient (Wildman–Crippen LogP) is 5.98. The Balaban J connectivity index is 1.79. The summed E-state index contributed by atoms with van der Waals surface area (Å²) in [5, 5.41) is 0.682. The van der Waals surface area contributed by atoms with Crippen molar-refractivity contribution in [2.45, 2.75) is 13.5 Å². The van der Waals surface area contributed by atoms with E-state index in [0.29, 0.717) is 11.6 Å². The zero-order valence-electron chi connectivity index (χ0n) is 13.4. The molecule has 0 aliphatic carbocycles. The standard InChI is InChI=1S/C21H18ClNO/c1-16-11-12-19(22)13-20(16)23-14-18-9-5-6-10-21(18)24-15-17-7-3-2-4-8-17/h2-14H,15H2,1H3. The molecule has 0 aromatic heterocycles. The Morgan fingerprint density at radius 3 is 2.54 bits per heavy atom. The minimum absolute atomic E-state index is 0.530. The quantitative estimate of drug-likeness (QED) is 0.526. The van der Waals surface area contributed by atoms with E-state index in [2.05, 4.69) is 4.99 Å². The van der Waals surface area contributed by atoms with Gasteiger partial charge in [0.05, 0.1) is 5.69 Å². The molecule has 0 heterocycles. The van der Waals surface area contributed by atoms with Gasteiger partial charge in [-0.05, 0) is 42.3 Å². The second-order valence-electron chi connectivity index (χ2n) is 5.50. The van der Waals surface area contributed by atoms with Crippen LogP contribution in [0.2, 0.25) is 5.02 Å². The third-order valence-electron chi connectivity index (χ3n) is 3.67. The summed E-state index contributed by atoms with van der Waals surface area (Å²) in [5.74, 6) is 0.810. The second-order valence-corrected chi connectivity index (χ2v) is 5.94. The Kier molecular flexibility index (Phi) is 5.29. The van der Waals surface area contributed by atoms with Crippen molar-refractivity contribution in [3.8, 4) is 5.75 Å². The van der Waals surface area contributed by atoms with Gasteiger partial charge in [-0.1, -0.05) is 60.1 Å². The minimum atomic E-state index is 0.530. The minimum Gasteiger partial charge on any atom is -0.488 e. The summed E-state index contributed by atoms with van der Waals surface area (Å²) in [7, 11) is 0. The Bertz CT molecular complexity index is 843. The first-order valence-corrected chi connectivity index (χ1v) is 8.16. The average molecular weight is 336 g/mol. The number of nitrogens with zero attached hydrogens (tertiary/aromatic N) is 1. The molecule has 0 N–H and O–H groups in total. The van der Waals surface area contributed by atoms with Crippen LogP contribution in [0, 0.1) is 6.92 Å². The molecule has 0 aliphatic rings. The fourth-order valence-corrected chi connectivity index (χ4v) is 2.48. The van der Waals surface area contributed by atoms with E-state index in [-0.39, 0.29) is 0 Å². The maximum absolute atomic E-state index is 6.05. The van der Waals surface area contributed by atoms with Crippen molar-refractivity contribution in [3.63, 3.8) is 0 Å². The van der Waals surface area contributed by atoms with Gasteiger partial charge in [0.15, 0.2) is 0 Å². The van der Waals surface area contributed by atoms with E-state index in [1.165, 1.54) is 0 Å². The third kappa shape index (κ3) is 4.24. The van der Waals surface area contributed by atoms with Gasteiger partial charge in [-0.3, -0.25) is 4.99 Å². The van der Waals surface area contributed by atoms with Gasteiger partial charge in [0.25, 0.3) is 0 Å². The first kappa shape index (κ1) is 16.3. The van der Waals surface area contributed by atoms with Crippen LogP contribution in [0.5, 0.6) is 5.75 Å². The highest BCUT2D eigenvalue weighted by Gasteiger charge is 2.02. The van der Waals surface area contributed by atoms with Gasteiger partial charge < -0.3 is 4.74 Å². The molecular weight excluding hydrogens is 318 g/mol. The highest BCUT2D eigenvalue weighted by molar-refractivity contribution is 6.30. The summed E-state index contributed by atoms with van der Waals surface area (Å²) in [4.78, 5) is 4.56. The molecule has 0 unspecified atom stereocenters. The molecule has 0 aliphatic heterocycles. The molecular formula is C21H18ClNO. The smallest absolute Gasteiger partial charge is 0.128 e. The van der Waals surface area contributed by atoms with Crippen LogP contribution in [0.3, 0.4) is 0 Å². The van der Waals surface area contributed by atoms with Gasteiger partial charge >= 0.3 is 0 Å². The highest BCUT2D eigenvalue weighted by atomic mass is 35.5. The summed E-state index contributed by atoms with van der Waals surface area (Å²) < 4.78 is 5.95. The molecule has 0 saturated heterocycles. The van der Waals surface area contributed by atoms with Crippen LogP contribution in [-0.4, -0.2) is 6.21 Å². The molecule has 3 rings (SSSR count). The number of ether oxygens (including phenoxy) is 1. The number of rotatable bonds is 5. The van der Waals surface area contributed by atoms with Crippen molar-refractivity contribution in [3.05, 3.63) is 94.5 Å². The number of hydrogen-bond acceptors (Lipinski definition) is 2. The van der Waals surface area contributed by atoms with E-state index in [4.69, 9.17) is 16.3 Å². The number of hydrogen-bond donors (Lipinski definition) is 0. The molecule has 120 valence electrons. The van der Waals surface area contributed by atoms with Crippen LogP contribution in [0.25, 0.3) is 0 Å². The lowest BCUT2D eigenvalue weighted by Crippen LogP contribution is -1.98. The van der Waals surface area contributed by atoms with Gasteiger partial charge in [0.1, 0.15) is 12.4 Å². The molecule has 0 spiro atoms. The van der Waals surface area contributed by atoms with Crippen LogP contribution in [0.15, 0.2) is 77.8 Å². The van der Waals surface area contributed by atoms with E-state index >= 15 is 0 Å². The first-order chi connectivity index (χ1) is 11.7. The predicted molar refractivity (Wildman–Crippen MR) is 101 cm³/mol. The molecule has 3 aromatic rings. The first-order valence-electron chi connectivity index (χ1n) is 7.78. The summed E-state index contributed by atoms with van der Waals surface area (Å²) in [6, 6.07) is 23.7. The Morgan fingerprint density at radius 2 is 1.71 bits per heavy atom. The highest BCUT2D eigenvalue weighted by Crippen LogP contribution is 2.24. The second kappa shape index (κ2) is 7.80. The Hall–Kier alpha value is -2.58. The van der Waals surface area contributed by atoms with Crippen molar-refractivity contribution in [2.75, 3.05) is 0 Å². The van der Waals surface area contributed by atoms with Crippen LogP contribution in [0.1, 0.15) is 16.7 Å². The summed E-state index contributed by atoms with van der Waals surface area (Å²) in [6.07, 6.45) is 1.82. The van der Waals surface area contributed by atoms with Crippen LogP contribution >= 0.6 is 11.6 Å². The normalized spacial score (nSPS) is 10.9. The lowest BCUT2D eigenvalue weighted by atomic mass is 10.2. The molecule has 2 nitrogen and oxygen atoms in total. The van der Waals surface area contributed by atoms with E-state index in [0.717, 1.165) is 28.1 Å². The van der Waals surface area contributed by atoms with Gasteiger partial charge in [-0.15, -0.1) is 0 Å². The maximum Gasteiger partial charge on any atom is 0.128 e. The molecule has 3 aromatic carbocycles. The molecule has 24 heavy (non-hydrogen) atoms. The lowest BCUT2D eigenvalue weighted by Gasteiger charge is -2.09. The lowest BCUT2D eigenvalue weighted by molar-refractivity contribution is 0.306. The largest absolute Gasteiger partial charge is 0.488 e. The molecule has 0 saturated carbocycles. The van der Waals surface area contributed by atoms with E-state index in [1.54, 1.807) is 0 Å². The van der Waals surface area contributed by atoms with Crippen molar-refractivity contribution < 1.29 is 4.74 Å². The van der Waals surface area contributed by atoms with Crippen molar-refractivity contribution in [1.29, 1.82) is 0 Å². The fraction of sp³-hybridized carbons (Fsp3) is 0.0952. The molecule has 3 heteroatoms. The van der Waals surface area contributed by atoms with Crippen LogP contribution < -0.4 is 4.74 Å². The maximum atomic E-state index is 6.05. The van der Waals surface area contributed by atoms with Gasteiger partial charge in [0.2, 0.25) is 0 Å². The summed E-state index contributed by atoms with van der Waals surface area (Å²) in [6.45, 7) is 2.54. The summed E-state index contributed by atoms with van der Waals surface area (Å²) >= 11 is 6.05. The van der Waals surface area contributed by atoms with Crippen molar-refractivity contribution in [1.82, 2.24) is 0 Å². The van der Waals surface area contributed by atoms with E-state index < -0.39 is 0 Å². The van der Waals surface area contributed by atoms with Gasteiger partial charge in [0, 0.05) is 16.8 Å². The van der Waals surface area contributed by atoms with Crippen molar-refractivity contribution >= 4 is 23.5 Å². The van der Waals surface area contributed by atoms with Gasteiger partial charge in [-0.25, -0.2) is 0 Å². The molecule has 0 radical (unpaired) electrons. The Morgan fingerprint density at radius 1 is 0.958 bits per heavy atom. The van der Waals surface area contributed by atoms with Gasteiger partial charge in [-0.2, -0.15) is 0 Å². The Labute approximate surface area is 147 Å². The topological polar surface area (TPSA) is 21.6 Å². The molecule has 0 atom stereocenters. The van der Waals surface area contributed by atoms with Crippen LogP contribution in [0.4, 0.5) is 5.69 Å². The monoisotopic (exact) mass is 335 g/mol. The van der Waals surface area contributed by atoms with Crippen LogP contribution in [-0.2, 0) is 6.61 Å². The molecule has 0 bridgehead atoms. The third-order valence-corrected chi connectivity index (χ3v) is 3.91. The zero-order chi connectivity index (χ0) is 16.8.